The number of alkyl halides is 2. The third-order valence-electron chi connectivity index (χ3n) is 14.7. The van der Waals surface area contributed by atoms with Gasteiger partial charge in [0.1, 0.15) is 35.3 Å². The summed E-state index contributed by atoms with van der Waals surface area (Å²) in [4.78, 5) is 60.8. The van der Waals surface area contributed by atoms with Gasteiger partial charge in [-0.1, -0.05) is 75.3 Å². The second-order valence-electron chi connectivity index (χ2n) is 23.3. The van der Waals surface area contributed by atoms with Crippen LogP contribution in [0.25, 0.3) is 17.1 Å². The number of hydrogen-bond acceptors (Lipinski definition) is 12. The Bertz CT molecular complexity index is 2760. The number of H-pyrrole nitrogens is 1. The molecule has 0 saturated carbocycles. The van der Waals surface area contributed by atoms with Crippen molar-refractivity contribution in [2.75, 3.05) is 38.1 Å². The van der Waals surface area contributed by atoms with Crippen molar-refractivity contribution in [2.24, 2.45) is 5.41 Å². The number of carbonyl (C=O) groups is 2. The molecular weight excluding hydrogens is 970 g/mol. The van der Waals surface area contributed by atoms with Crippen LogP contribution in [-0.2, 0) is 29.7 Å². The molecule has 0 aliphatic carbocycles. The highest BCUT2D eigenvalue weighted by Gasteiger charge is 2.63. The maximum absolute atomic E-state index is 16.6. The first kappa shape index (κ1) is 56.2. The van der Waals surface area contributed by atoms with Crippen molar-refractivity contribution in [2.45, 2.75) is 155 Å². The van der Waals surface area contributed by atoms with Gasteiger partial charge in [0, 0.05) is 63.4 Å². The minimum absolute atomic E-state index is 0.0219. The van der Waals surface area contributed by atoms with Crippen LogP contribution in [0.15, 0.2) is 52.2 Å². The lowest BCUT2D eigenvalue weighted by Gasteiger charge is -2.41. The summed E-state index contributed by atoms with van der Waals surface area (Å²) in [6.07, 6.45) is -3.90. The fourth-order valence-corrected chi connectivity index (χ4v) is 10.6. The van der Waals surface area contributed by atoms with Crippen LogP contribution in [0.1, 0.15) is 105 Å². The molecule has 0 spiro atoms. The normalized spacial score (nSPS) is 19.3. The maximum Gasteiger partial charge on any atom is 0.351 e. The van der Waals surface area contributed by atoms with E-state index in [9.17, 15) is 29.4 Å². The zero-order valence-corrected chi connectivity index (χ0v) is 46.1. The van der Waals surface area contributed by atoms with E-state index in [1.165, 1.54) is 18.2 Å². The number of aromatic amines is 1. The number of nitrogens with one attached hydrogen (secondary N) is 2. The van der Waals surface area contributed by atoms with E-state index in [2.05, 4.69) is 20.5 Å². The summed E-state index contributed by atoms with van der Waals surface area (Å²) in [7, 11) is -5.17. The fraction of sp³-hybridized carbons (Fsp3) is 0.600. The summed E-state index contributed by atoms with van der Waals surface area (Å²) >= 11 is 0. The van der Waals surface area contributed by atoms with Gasteiger partial charge in [0.25, 0.3) is 0 Å². The van der Waals surface area contributed by atoms with Crippen molar-refractivity contribution in [3.8, 4) is 28.6 Å². The molecule has 4 N–H and O–H groups in total. The molecular formula is C50H73F3N8O9Si2. The first-order chi connectivity index (χ1) is 33.1. The van der Waals surface area contributed by atoms with E-state index in [4.69, 9.17) is 13.6 Å². The standard InChI is InChI=1S/C50H73F3N8O9Si2/c1-30(2)33-24-34(37(63)25-36(33)62)43-56-57-46(67)61(43)32-16-15-31(35(51)23-32)28-58-19-21-59(22-20-58)41(65)27-49(9,10)26-40(64)54-39-17-18-60(45(66)55-39)44-50(52,53)42(70-72(13,14)48(6,7)8)38(69-44)29-68-71(11,12)47(3,4)5/h15-18,23-25,30,38,42,44,62-63H,19-22,26-29H2,1-14H3,(H,57,67)(H,54,55,64,66). The first-order valence-electron chi connectivity index (χ1n) is 24.4. The number of benzene rings is 2. The van der Waals surface area contributed by atoms with Gasteiger partial charge >= 0.3 is 17.3 Å². The topological polar surface area (TPSA) is 206 Å². The van der Waals surface area contributed by atoms with E-state index in [-0.39, 0.29) is 77.2 Å². The molecule has 0 radical (unpaired) electrons. The zero-order valence-electron chi connectivity index (χ0n) is 44.1. The molecule has 2 aromatic heterocycles. The minimum atomic E-state index is -3.65. The van der Waals surface area contributed by atoms with Gasteiger partial charge < -0.3 is 34.0 Å². The summed E-state index contributed by atoms with van der Waals surface area (Å²) < 4.78 is 69.4. The van der Waals surface area contributed by atoms with Gasteiger partial charge in [-0.05, 0) is 77.4 Å². The Morgan fingerprint density at radius 1 is 0.917 bits per heavy atom. The number of phenolic OH excluding ortho intramolecular Hbond substituents is 2. The smallest absolute Gasteiger partial charge is 0.351 e. The van der Waals surface area contributed by atoms with Gasteiger partial charge in [0.2, 0.25) is 18.0 Å². The van der Waals surface area contributed by atoms with E-state index < -0.39 is 74.6 Å². The average Bonchev–Trinajstić information content (AvgIpc) is 3.74. The Balaban J connectivity index is 1.04. The van der Waals surface area contributed by atoms with E-state index in [0.717, 1.165) is 15.3 Å². The van der Waals surface area contributed by atoms with Crippen LogP contribution >= 0.6 is 0 Å². The Kier molecular flexibility index (Phi) is 16.1. The van der Waals surface area contributed by atoms with Crippen LogP contribution in [0.4, 0.5) is 19.0 Å². The Morgan fingerprint density at radius 3 is 2.14 bits per heavy atom. The van der Waals surface area contributed by atoms with Crippen LogP contribution in [0.3, 0.4) is 0 Å². The zero-order chi connectivity index (χ0) is 53.7. The number of ether oxygens (including phenoxy) is 1. The average molecular weight is 1040 g/mol. The van der Waals surface area contributed by atoms with Crippen molar-refractivity contribution in [3.05, 3.63) is 80.5 Å². The predicted octanol–water partition coefficient (Wildman–Crippen LogP) is 8.49. The molecule has 396 valence electrons. The molecule has 22 heteroatoms. The second kappa shape index (κ2) is 20.6. The second-order valence-corrected chi connectivity index (χ2v) is 32.9. The Morgan fingerprint density at radius 2 is 1.56 bits per heavy atom. The quantitative estimate of drug-likeness (QED) is 0.0780. The lowest BCUT2D eigenvalue weighted by Crippen LogP contribution is -2.53. The maximum atomic E-state index is 16.6. The highest BCUT2D eigenvalue weighted by atomic mass is 28.4. The highest BCUT2D eigenvalue weighted by molar-refractivity contribution is 6.74. The van der Waals surface area contributed by atoms with Gasteiger partial charge in [-0.3, -0.25) is 19.1 Å². The molecule has 72 heavy (non-hydrogen) atoms. The number of nitrogens with zero attached hydrogens (tertiary/aromatic N) is 6. The van der Waals surface area contributed by atoms with Crippen LogP contribution < -0.4 is 16.7 Å². The number of halogens is 3. The lowest BCUT2D eigenvalue weighted by atomic mass is 9.84. The van der Waals surface area contributed by atoms with Gasteiger partial charge in [0.15, 0.2) is 22.5 Å². The number of carbonyl (C=O) groups excluding carboxylic acids is 2. The molecule has 2 fully saturated rings. The van der Waals surface area contributed by atoms with E-state index in [0.29, 0.717) is 37.3 Å². The molecule has 17 nitrogen and oxygen atoms in total. The van der Waals surface area contributed by atoms with Crippen LogP contribution in [-0.4, -0.2) is 124 Å². The molecule has 6 rings (SSSR count). The SMILES string of the molecule is CC(C)c1cc(-c2n[nH]c(=O)n2-c2ccc(CN3CCN(C(=O)CC(C)(C)CC(=O)Nc4ccn(C5OC(CO[Si](C)(C)C(C)(C)C)C(O[Si](C)(C)C(C)(C)C)C5(F)F)c(=O)n4)CC3)c(F)c2)c(O)cc1O. The molecule has 0 bridgehead atoms. The Hall–Kier alpha value is -5.14. The van der Waals surface area contributed by atoms with Crippen LogP contribution in [0.2, 0.25) is 36.3 Å². The highest BCUT2D eigenvalue weighted by Crippen LogP contribution is 2.49. The molecule has 4 heterocycles. The largest absolute Gasteiger partial charge is 0.508 e. The summed E-state index contributed by atoms with van der Waals surface area (Å²) in [6, 6.07) is 8.35. The van der Waals surface area contributed by atoms with Gasteiger partial charge in [0.05, 0.1) is 17.9 Å². The number of aromatic nitrogens is 5. The van der Waals surface area contributed by atoms with Gasteiger partial charge in [-0.25, -0.2) is 23.6 Å². The number of amides is 2. The molecule has 2 aromatic carbocycles. The molecule has 2 saturated heterocycles. The molecule has 4 aromatic rings. The third-order valence-corrected chi connectivity index (χ3v) is 23.7. The lowest BCUT2D eigenvalue weighted by molar-refractivity contribution is -0.138. The van der Waals surface area contributed by atoms with Crippen molar-refractivity contribution in [1.82, 2.24) is 34.1 Å². The van der Waals surface area contributed by atoms with Crippen molar-refractivity contribution < 1.29 is 46.6 Å². The number of piperazine rings is 1. The number of aromatic hydroxyl groups is 2. The fourth-order valence-electron chi connectivity index (χ4n) is 8.27. The number of hydrogen-bond donors (Lipinski definition) is 4. The first-order valence-corrected chi connectivity index (χ1v) is 30.2. The number of rotatable bonds is 16. The minimum Gasteiger partial charge on any atom is -0.508 e. The summed E-state index contributed by atoms with van der Waals surface area (Å²) in [5.74, 6) is -5.53. The number of phenols is 2. The molecule has 2 amide bonds. The van der Waals surface area contributed by atoms with Crippen molar-refractivity contribution >= 4 is 34.3 Å². The molecule has 3 atom stereocenters. The summed E-state index contributed by atoms with van der Waals surface area (Å²) in [6.45, 7) is 28.8. The van der Waals surface area contributed by atoms with Crippen LogP contribution in [0.5, 0.6) is 11.5 Å². The monoisotopic (exact) mass is 1040 g/mol. The molecule has 3 unspecified atom stereocenters. The van der Waals surface area contributed by atoms with Gasteiger partial charge in [-0.2, -0.15) is 18.9 Å². The van der Waals surface area contributed by atoms with Crippen molar-refractivity contribution in [3.63, 3.8) is 0 Å². The third kappa shape index (κ3) is 12.3. The molecule has 2 aliphatic heterocycles. The predicted molar refractivity (Wildman–Crippen MR) is 273 cm³/mol. The van der Waals surface area contributed by atoms with Crippen LogP contribution in [0, 0.1) is 11.2 Å². The number of anilines is 1. The van der Waals surface area contributed by atoms with E-state index >= 15 is 13.2 Å². The van der Waals surface area contributed by atoms with Crippen molar-refractivity contribution in [1.29, 1.82) is 0 Å². The molecule has 2 aliphatic rings. The Labute approximate surface area is 421 Å². The van der Waals surface area contributed by atoms with E-state index in [1.54, 1.807) is 36.9 Å². The van der Waals surface area contributed by atoms with Gasteiger partial charge in [-0.15, -0.1) is 0 Å². The van der Waals surface area contributed by atoms with E-state index in [1.807, 2.05) is 86.5 Å². The summed E-state index contributed by atoms with van der Waals surface area (Å²) in [5, 5.41) is 29.4. The summed E-state index contributed by atoms with van der Waals surface area (Å²) in [5.41, 5.74) is -1.27.